The zero-order valence-corrected chi connectivity index (χ0v) is 11.6. The second kappa shape index (κ2) is 6.44. The average Bonchev–Trinajstić information content (AvgIpc) is 2.47. The van der Waals surface area contributed by atoms with Crippen molar-refractivity contribution in [1.29, 1.82) is 0 Å². The molecule has 22 heavy (non-hydrogen) atoms. The van der Waals surface area contributed by atoms with Gasteiger partial charge in [0, 0.05) is 36.5 Å². The molecule has 8 nitrogen and oxygen atoms in total. The number of carbonyl (C=O) groups is 2. The Balaban J connectivity index is 2.17. The summed E-state index contributed by atoms with van der Waals surface area (Å²) < 4.78 is 0. The summed E-state index contributed by atoms with van der Waals surface area (Å²) in [5, 5.41) is 15.7. The van der Waals surface area contributed by atoms with Gasteiger partial charge in [-0.2, -0.15) is 0 Å². The molecular formula is C14H12N4O4. The van der Waals surface area contributed by atoms with Crippen LogP contribution in [0.1, 0.15) is 17.3 Å². The minimum atomic E-state index is -0.545. The van der Waals surface area contributed by atoms with Gasteiger partial charge in [0.15, 0.2) is 0 Å². The highest BCUT2D eigenvalue weighted by Crippen LogP contribution is 2.18. The van der Waals surface area contributed by atoms with Gasteiger partial charge in [-0.1, -0.05) is 6.07 Å². The summed E-state index contributed by atoms with van der Waals surface area (Å²) in [4.78, 5) is 37.1. The number of nitro benzene ring substituents is 1. The van der Waals surface area contributed by atoms with Crippen molar-refractivity contribution in [3.63, 3.8) is 0 Å². The number of nitrogens with zero attached hydrogens (tertiary/aromatic N) is 2. The summed E-state index contributed by atoms with van der Waals surface area (Å²) in [5.41, 5.74) is 0.453. The molecule has 2 rings (SSSR count). The third-order valence-electron chi connectivity index (χ3n) is 2.64. The number of pyridine rings is 1. The van der Waals surface area contributed by atoms with Gasteiger partial charge < -0.3 is 10.6 Å². The molecule has 1 aromatic heterocycles. The molecule has 1 aromatic carbocycles. The van der Waals surface area contributed by atoms with Crippen molar-refractivity contribution in [2.24, 2.45) is 0 Å². The Kier molecular flexibility index (Phi) is 4.42. The van der Waals surface area contributed by atoms with Crippen LogP contribution < -0.4 is 10.6 Å². The fraction of sp³-hybridized carbons (Fsp3) is 0.0714. The molecule has 0 aliphatic heterocycles. The zero-order chi connectivity index (χ0) is 16.1. The SMILES string of the molecule is CC(=O)Nc1cc(C(=O)Nc2cccc([N+](=O)[O-])c2)ccn1. The number of rotatable bonds is 4. The van der Waals surface area contributed by atoms with Gasteiger partial charge in [-0.05, 0) is 18.2 Å². The largest absolute Gasteiger partial charge is 0.322 e. The maximum absolute atomic E-state index is 12.1. The predicted octanol–water partition coefficient (Wildman–Crippen LogP) is 2.20. The molecule has 8 heteroatoms. The third-order valence-corrected chi connectivity index (χ3v) is 2.64. The number of benzene rings is 1. The Morgan fingerprint density at radius 2 is 1.95 bits per heavy atom. The monoisotopic (exact) mass is 300 g/mol. The van der Waals surface area contributed by atoms with Crippen molar-refractivity contribution < 1.29 is 14.5 Å². The lowest BCUT2D eigenvalue weighted by atomic mass is 10.2. The van der Waals surface area contributed by atoms with Gasteiger partial charge in [0.2, 0.25) is 5.91 Å². The predicted molar refractivity (Wildman–Crippen MR) is 79.6 cm³/mol. The number of hydrogen-bond acceptors (Lipinski definition) is 5. The van der Waals surface area contributed by atoms with Gasteiger partial charge in [-0.25, -0.2) is 4.98 Å². The minimum Gasteiger partial charge on any atom is -0.322 e. The zero-order valence-electron chi connectivity index (χ0n) is 11.6. The fourth-order valence-corrected chi connectivity index (χ4v) is 1.72. The Hall–Kier alpha value is -3.29. The Labute approximate surface area is 125 Å². The molecular weight excluding hydrogens is 288 g/mol. The van der Waals surface area contributed by atoms with Crippen LogP contribution in [0.3, 0.4) is 0 Å². The van der Waals surface area contributed by atoms with E-state index in [1.165, 1.54) is 43.5 Å². The molecule has 2 amide bonds. The standard InChI is InChI=1S/C14H12N4O4/c1-9(19)16-13-7-10(5-6-15-13)14(20)17-11-3-2-4-12(8-11)18(21)22/h2-8H,1H3,(H,17,20)(H,15,16,19). The smallest absolute Gasteiger partial charge is 0.271 e. The molecule has 0 unspecified atom stereocenters. The van der Waals surface area contributed by atoms with E-state index in [1.807, 2.05) is 0 Å². The van der Waals surface area contributed by atoms with Crippen molar-refractivity contribution >= 4 is 29.0 Å². The molecule has 0 aliphatic rings. The van der Waals surface area contributed by atoms with Crippen LogP contribution in [0.5, 0.6) is 0 Å². The lowest BCUT2D eigenvalue weighted by molar-refractivity contribution is -0.384. The highest BCUT2D eigenvalue weighted by atomic mass is 16.6. The maximum Gasteiger partial charge on any atom is 0.271 e. The molecule has 0 fully saturated rings. The molecule has 0 atom stereocenters. The lowest BCUT2D eigenvalue weighted by Gasteiger charge is -2.06. The summed E-state index contributed by atoms with van der Waals surface area (Å²) >= 11 is 0. The lowest BCUT2D eigenvalue weighted by Crippen LogP contribution is -2.14. The van der Waals surface area contributed by atoms with Crippen molar-refractivity contribution in [1.82, 2.24) is 4.98 Å². The number of anilines is 2. The summed E-state index contributed by atoms with van der Waals surface area (Å²) in [6, 6.07) is 8.49. The molecule has 0 bridgehead atoms. The molecule has 0 radical (unpaired) electrons. The Morgan fingerprint density at radius 1 is 1.18 bits per heavy atom. The number of nitro groups is 1. The molecule has 2 aromatic rings. The topological polar surface area (TPSA) is 114 Å². The molecule has 0 aliphatic carbocycles. The van der Waals surface area contributed by atoms with Crippen LogP contribution in [0.15, 0.2) is 42.6 Å². The first-order valence-corrected chi connectivity index (χ1v) is 6.25. The van der Waals surface area contributed by atoms with Gasteiger partial charge in [-0.3, -0.25) is 19.7 Å². The van der Waals surface area contributed by atoms with Crippen LogP contribution in [0.4, 0.5) is 17.2 Å². The summed E-state index contributed by atoms with van der Waals surface area (Å²) in [5.74, 6) is -0.516. The van der Waals surface area contributed by atoms with Gasteiger partial charge in [0.25, 0.3) is 11.6 Å². The van der Waals surface area contributed by atoms with Gasteiger partial charge in [0.1, 0.15) is 5.82 Å². The van der Waals surface area contributed by atoms with Crippen LogP contribution in [0, 0.1) is 10.1 Å². The first kappa shape index (κ1) is 15.1. The van der Waals surface area contributed by atoms with Crippen LogP contribution in [0.2, 0.25) is 0 Å². The van der Waals surface area contributed by atoms with Gasteiger partial charge in [0.05, 0.1) is 4.92 Å². The molecule has 1 heterocycles. The van der Waals surface area contributed by atoms with Crippen molar-refractivity contribution in [3.8, 4) is 0 Å². The quantitative estimate of drug-likeness (QED) is 0.663. The summed E-state index contributed by atoms with van der Waals surface area (Å²) in [7, 11) is 0. The average molecular weight is 300 g/mol. The third kappa shape index (κ3) is 3.85. The van der Waals surface area contributed by atoms with Crippen molar-refractivity contribution in [3.05, 3.63) is 58.3 Å². The van der Waals surface area contributed by atoms with E-state index in [9.17, 15) is 19.7 Å². The van der Waals surface area contributed by atoms with E-state index >= 15 is 0 Å². The molecule has 0 saturated heterocycles. The number of aromatic nitrogens is 1. The number of carbonyl (C=O) groups excluding carboxylic acids is 2. The number of non-ortho nitro benzene ring substituents is 1. The van der Waals surface area contributed by atoms with Crippen LogP contribution in [-0.4, -0.2) is 21.7 Å². The Bertz CT molecular complexity index is 745. The normalized spacial score (nSPS) is 9.86. The van der Waals surface area contributed by atoms with Gasteiger partial charge >= 0.3 is 0 Å². The minimum absolute atomic E-state index is 0.119. The molecule has 2 N–H and O–H groups in total. The molecule has 0 saturated carbocycles. The highest BCUT2D eigenvalue weighted by Gasteiger charge is 2.11. The second-order valence-electron chi connectivity index (χ2n) is 4.37. The van der Waals surface area contributed by atoms with Crippen LogP contribution in [0.25, 0.3) is 0 Å². The van der Waals surface area contributed by atoms with E-state index in [0.29, 0.717) is 5.69 Å². The molecule has 112 valence electrons. The van der Waals surface area contributed by atoms with E-state index in [1.54, 1.807) is 6.07 Å². The van der Waals surface area contributed by atoms with E-state index in [2.05, 4.69) is 15.6 Å². The second-order valence-corrected chi connectivity index (χ2v) is 4.37. The molecule has 0 spiro atoms. The van der Waals surface area contributed by atoms with E-state index < -0.39 is 10.8 Å². The van der Waals surface area contributed by atoms with E-state index in [0.717, 1.165) is 0 Å². The van der Waals surface area contributed by atoms with Crippen molar-refractivity contribution in [2.75, 3.05) is 10.6 Å². The number of hydrogen-bond donors (Lipinski definition) is 2. The van der Waals surface area contributed by atoms with Crippen LogP contribution >= 0.6 is 0 Å². The summed E-state index contributed by atoms with van der Waals surface area (Å²) in [6.07, 6.45) is 1.38. The van der Waals surface area contributed by atoms with Crippen molar-refractivity contribution in [2.45, 2.75) is 6.92 Å². The summed E-state index contributed by atoms with van der Waals surface area (Å²) in [6.45, 7) is 1.33. The first-order valence-electron chi connectivity index (χ1n) is 6.25. The Morgan fingerprint density at radius 3 is 2.64 bits per heavy atom. The number of nitrogens with one attached hydrogen (secondary N) is 2. The van der Waals surface area contributed by atoms with E-state index in [4.69, 9.17) is 0 Å². The highest BCUT2D eigenvalue weighted by molar-refractivity contribution is 6.05. The van der Waals surface area contributed by atoms with Crippen LogP contribution in [-0.2, 0) is 4.79 Å². The maximum atomic E-state index is 12.1. The number of amides is 2. The van der Waals surface area contributed by atoms with Gasteiger partial charge in [-0.15, -0.1) is 0 Å². The first-order chi connectivity index (χ1) is 10.5. The fourth-order valence-electron chi connectivity index (χ4n) is 1.72. The van der Waals surface area contributed by atoms with E-state index in [-0.39, 0.29) is 23.0 Å².